The zero-order valence-corrected chi connectivity index (χ0v) is 14.0. The summed E-state index contributed by atoms with van der Waals surface area (Å²) in [5.74, 6) is 1.36. The van der Waals surface area contributed by atoms with E-state index in [1.807, 2.05) is 42.5 Å². The molecule has 4 rings (SSSR count). The molecule has 3 nitrogen and oxygen atoms in total. The molecule has 0 aliphatic carbocycles. The van der Waals surface area contributed by atoms with Gasteiger partial charge in [-0.1, -0.05) is 11.6 Å². The Hall–Kier alpha value is -2.01. The van der Waals surface area contributed by atoms with Crippen molar-refractivity contribution in [3.05, 3.63) is 64.3 Å². The number of hydrogen-bond acceptors (Lipinski definition) is 4. The van der Waals surface area contributed by atoms with Gasteiger partial charge in [-0.15, -0.1) is 11.3 Å². The number of furan rings is 2. The van der Waals surface area contributed by atoms with Crippen molar-refractivity contribution < 1.29 is 8.83 Å². The van der Waals surface area contributed by atoms with Gasteiger partial charge in [0.25, 0.3) is 0 Å². The second-order valence-corrected chi connectivity index (χ2v) is 6.90. The third-order valence-electron chi connectivity index (χ3n) is 3.28. The van der Waals surface area contributed by atoms with E-state index in [1.165, 1.54) is 11.3 Å². The minimum absolute atomic E-state index is 0.345. The van der Waals surface area contributed by atoms with Gasteiger partial charge >= 0.3 is 0 Å². The first kappa shape index (κ1) is 14.6. The summed E-state index contributed by atoms with van der Waals surface area (Å²) in [5.41, 5.74) is 2.40. The van der Waals surface area contributed by atoms with Gasteiger partial charge in [0, 0.05) is 5.56 Å². The molecule has 0 aliphatic rings. The van der Waals surface area contributed by atoms with Crippen molar-refractivity contribution in [3.8, 4) is 33.3 Å². The fourth-order valence-electron chi connectivity index (χ4n) is 2.27. The van der Waals surface area contributed by atoms with Crippen LogP contribution in [0.2, 0.25) is 9.56 Å². The second-order valence-electron chi connectivity index (χ2n) is 4.81. The number of thiophene rings is 1. The maximum atomic E-state index is 6.05. The van der Waals surface area contributed by atoms with E-state index in [9.17, 15) is 0 Å². The Bertz CT molecular complexity index is 898. The Labute approximate surface area is 146 Å². The highest BCUT2D eigenvalue weighted by atomic mass is 35.5. The molecule has 0 amide bonds. The molecule has 0 saturated heterocycles. The molecule has 0 aromatic carbocycles. The molecule has 23 heavy (non-hydrogen) atoms. The van der Waals surface area contributed by atoms with E-state index in [2.05, 4.69) is 4.98 Å². The molecule has 0 atom stereocenters. The molecule has 114 valence electrons. The molecule has 0 saturated carbocycles. The van der Waals surface area contributed by atoms with Crippen molar-refractivity contribution >= 4 is 34.5 Å². The fraction of sp³-hybridized carbons (Fsp3) is 0. The van der Waals surface area contributed by atoms with Crippen LogP contribution < -0.4 is 0 Å². The second kappa shape index (κ2) is 5.89. The first-order chi connectivity index (χ1) is 11.2. The van der Waals surface area contributed by atoms with Gasteiger partial charge in [-0.3, -0.25) is 0 Å². The Kier molecular flexibility index (Phi) is 3.73. The molecular weight excluding hydrogens is 353 g/mol. The van der Waals surface area contributed by atoms with Crippen molar-refractivity contribution in [1.29, 1.82) is 0 Å². The summed E-state index contributed by atoms with van der Waals surface area (Å²) in [7, 11) is 0. The van der Waals surface area contributed by atoms with Crippen molar-refractivity contribution in [2.75, 3.05) is 0 Å². The van der Waals surface area contributed by atoms with Gasteiger partial charge in [-0.2, -0.15) is 0 Å². The highest BCUT2D eigenvalue weighted by molar-refractivity contribution is 7.19. The third-order valence-corrected chi connectivity index (χ3v) is 4.74. The Morgan fingerprint density at radius 1 is 0.913 bits per heavy atom. The predicted octanol–water partition coefficient (Wildman–Crippen LogP) is 6.64. The van der Waals surface area contributed by atoms with E-state index in [0.717, 1.165) is 21.8 Å². The summed E-state index contributed by atoms with van der Waals surface area (Å²) in [6.07, 6.45) is 1.62. The van der Waals surface area contributed by atoms with Crippen LogP contribution in [0.4, 0.5) is 0 Å². The molecule has 0 aliphatic heterocycles. The highest BCUT2D eigenvalue weighted by Gasteiger charge is 2.13. The van der Waals surface area contributed by atoms with Gasteiger partial charge in [0.2, 0.25) is 0 Å². The summed E-state index contributed by atoms with van der Waals surface area (Å²) in [6.45, 7) is 0. The van der Waals surface area contributed by atoms with Crippen LogP contribution in [0, 0.1) is 0 Å². The molecule has 4 aromatic rings. The van der Waals surface area contributed by atoms with Crippen molar-refractivity contribution in [2.24, 2.45) is 0 Å². The van der Waals surface area contributed by atoms with Crippen molar-refractivity contribution in [1.82, 2.24) is 4.98 Å². The summed E-state index contributed by atoms with van der Waals surface area (Å²) < 4.78 is 11.7. The average Bonchev–Trinajstić information content (AvgIpc) is 3.28. The Balaban J connectivity index is 1.90. The number of halogens is 2. The lowest BCUT2D eigenvalue weighted by atomic mass is 10.1. The van der Waals surface area contributed by atoms with Crippen LogP contribution in [-0.4, -0.2) is 4.98 Å². The molecule has 6 heteroatoms. The van der Waals surface area contributed by atoms with Crippen LogP contribution >= 0.6 is 34.5 Å². The van der Waals surface area contributed by atoms with Gasteiger partial charge in [-0.25, -0.2) is 4.98 Å². The number of pyridine rings is 1. The maximum absolute atomic E-state index is 6.05. The summed E-state index contributed by atoms with van der Waals surface area (Å²) in [4.78, 5) is 5.65. The zero-order valence-electron chi connectivity index (χ0n) is 11.6. The molecule has 0 fully saturated rings. The number of aromatic nitrogens is 1. The molecule has 0 radical (unpaired) electrons. The number of hydrogen-bond donors (Lipinski definition) is 0. The largest absolute Gasteiger partial charge is 0.463 e. The van der Waals surface area contributed by atoms with Crippen LogP contribution in [0.15, 0.2) is 63.6 Å². The lowest BCUT2D eigenvalue weighted by molar-refractivity contribution is 0.579. The van der Waals surface area contributed by atoms with Crippen molar-refractivity contribution in [3.63, 3.8) is 0 Å². The van der Waals surface area contributed by atoms with Gasteiger partial charge in [-0.05, 0) is 60.1 Å². The molecular formula is C17H9Cl2NO2S. The Morgan fingerprint density at radius 3 is 2.43 bits per heavy atom. The lowest BCUT2D eigenvalue weighted by Gasteiger charge is -2.05. The standard InChI is InChI=1S/C17H9Cl2NO2S/c18-16-5-3-13(22-16)10-8-11(14-2-1-7-21-14)20-12(9-10)15-4-6-17(19)23-15/h1-9H. The molecule has 0 bridgehead atoms. The summed E-state index contributed by atoms with van der Waals surface area (Å²) in [6, 6.07) is 14.9. The van der Waals surface area contributed by atoms with E-state index >= 15 is 0 Å². The van der Waals surface area contributed by atoms with E-state index < -0.39 is 0 Å². The number of rotatable bonds is 3. The van der Waals surface area contributed by atoms with Crippen LogP contribution in [0.5, 0.6) is 0 Å². The normalized spacial score (nSPS) is 11.0. The SMILES string of the molecule is Clc1ccc(-c2cc(-c3ccco3)nc(-c3ccc(Cl)s3)c2)o1. The zero-order chi connectivity index (χ0) is 15.8. The average molecular weight is 362 g/mol. The minimum Gasteiger partial charge on any atom is -0.463 e. The number of nitrogens with zero attached hydrogens (tertiary/aromatic N) is 1. The van der Waals surface area contributed by atoms with Crippen LogP contribution in [0.1, 0.15) is 0 Å². The van der Waals surface area contributed by atoms with Gasteiger partial charge in [0.1, 0.15) is 11.5 Å². The third kappa shape index (κ3) is 2.93. The monoisotopic (exact) mass is 361 g/mol. The van der Waals surface area contributed by atoms with Gasteiger partial charge in [0.15, 0.2) is 11.0 Å². The van der Waals surface area contributed by atoms with E-state index in [-0.39, 0.29) is 0 Å². The quantitative estimate of drug-likeness (QED) is 0.410. The molecule has 0 N–H and O–H groups in total. The molecule has 4 heterocycles. The van der Waals surface area contributed by atoms with Crippen LogP contribution in [-0.2, 0) is 0 Å². The Morgan fingerprint density at radius 2 is 1.78 bits per heavy atom. The molecule has 0 unspecified atom stereocenters. The van der Waals surface area contributed by atoms with Crippen LogP contribution in [0.3, 0.4) is 0 Å². The summed E-state index contributed by atoms with van der Waals surface area (Å²) >= 11 is 13.4. The van der Waals surface area contributed by atoms with Gasteiger partial charge in [0.05, 0.1) is 21.2 Å². The molecule has 4 aromatic heterocycles. The molecule has 0 spiro atoms. The topological polar surface area (TPSA) is 39.2 Å². The smallest absolute Gasteiger partial charge is 0.193 e. The lowest BCUT2D eigenvalue weighted by Crippen LogP contribution is -1.88. The van der Waals surface area contributed by atoms with Crippen molar-refractivity contribution in [2.45, 2.75) is 0 Å². The minimum atomic E-state index is 0.345. The highest BCUT2D eigenvalue weighted by Crippen LogP contribution is 2.35. The fourth-order valence-corrected chi connectivity index (χ4v) is 3.42. The first-order valence-corrected chi connectivity index (χ1v) is 8.34. The van der Waals surface area contributed by atoms with Crippen LogP contribution in [0.25, 0.3) is 33.3 Å². The van der Waals surface area contributed by atoms with Gasteiger partial charge < -0.3 is 8.83 Å². The summed E-state index contributed by atoms with van der Waals surface area (Å²) in [5, 5.41) is 0.345. The first-order valence-electron chi connectivity index (χ1n) is 6.76. The van der Waals surface area contributed by atoms with E-state index in [0.29, 0.717) is 21.1 Å². The van der Waals surface area contributed by atoms with E-state index in [4.69, 9.17) is 32.0 Å². The predicted molar refractivity (Wildman–Crippen MR) is 93.0 cm³/mol. The van der Waals surface area contributed by atoms with E-state index in [1.54, 1.807) is 12.3 Å². The maximum Gasteiger partial charge on any atom is 0.193 e.